The van der Waals surface area contributed by atoms with Gasteiger partial charge in [0.15, 0.2) is 5.82 Å². The summed E-state index contributed by atoms with van der Waals surface area (Å²) in [5.41, 5.74) is 1.73. The molecule has 0 unspecified atom stereocenters. The fourth-order valence-corrected chi connectivity index (χ4v) is 2.90. The van der Waals surface area contributed by atoms with Gasteiger partial charge < -0.3 is 13.8 Å². The van der Waals surface area contributed by atoms with E-state index in [1.807, 2.05) is 24.3 Å². The van der Waals surface area contributed by atoms with Crippen molar-refractivity contribution in [1.82, 2.24) is 20.3 Å². The minimum absolute atomic E-state index is 0.226. The highest BCUT2D eigenvalue weighted by Gasteiger charge is 2.30. The van der Waals surface area contributed by atoms with Crippen molar-refractivity contribution in [3.8, 4) is 22.8 Å². The molecule has 5 rings (SSSR count). The summed E-state index contributed by atoms with van der Waals surface area (Å²) in [6.07, 6.45) is 3.21. The van der Waals surface area contributed by atoms with E-state index in [4.69, 9.17) is 13.8 Å². The van der Waals surface area contributed by atoms with Crippen LogP contribution in [0, 0.1) is 0 Å². The van der Waals surface area contributed by atoms with Gasteiger partial charge in [-0.1, -0.05) is 22.4 Å². The fraction of sp³-hybridized carbons (Fsp3) is 0.412. The molecule has 2 aliphatic rings. The first-order valence-electron chi connectivity index (χ1n) is 8.22. The van der Waals surface area contributed by atoms with Gasteiger partial charge in [0.2, 0.25) is 11.7 Å². The van der Waals surface area contributed by atoms with E-state index in [9.17, 15) is 0 Å². The third kappa shape index (κ3) is 2.50. The van der Waals surface area contributed by atoms with Crippen LogP contribution in [0.5, 0.6) is 0 Å². The second-order valence-electron chi connectivity index (χ2n) is 6.33. The summed E-state index contributed by atoms with van der Waals surface area (Å²) in [5, 5.41) is 8.18. The van der Waals surface area contributed by atoms with E-state index in [1.165, 1.54) is 0 Å². The fourth-order valence-electron chi connectivity index (χ4n) is 2.90. The lowest BCUT2D eigenvalue weighted by Gasteiger charge is -1.99. The highest BCUT2D eigenvalue weighted by molar-refractivity contribution is 5.64. The topological polar surface area (TPSA) is 87.1 Å². The molecule has 1 aliphatic heterocycles. The molecule has 1 aliphatic carbocycles. The maximum Gasteiger partial charge on any atom is 0.257 e. The first kappa shape index (κ1) is 13.9. The second kappa shape index (κ2) is 5.52. The van der Waals surface area contributed by atoms with Gasteiger partial charge in [-0.05, 0) is 31.4 Å². The summed E-state index contributed by atoms with van der Waals surface area (Å²) in [6.45, 7) is 1.41. The van der Waals surface area contributed by atoms with Gasteiger partial charge in [0.05, 0.1) is 6.61 Å². The molecule has 2 fully saturated rings. The third-order valence-corrected chi connectivity index (χ3v) is 4.47. The van der Waals surface area contributed by atoms with E-state index < -0.39 is 0 Å². The van der Waals surface area contributed by atoms with E-state index >= 15 is 0 Å². The first-order chi connectivity index (χ1) is 11.9. The van der Waals surface area contributed by atoms with Gasteiger partial charge in [-0.25, -0.2) is 0 Å². The number of ether oxygens (including phenoxy) is 1. The third-order valence-electron chi connectivity index (χ3n) is 4.47. The Kier molecular flexibility index (Phi) is 3.19. The monoisotopic (exact) mass is 324 g/mol. The van der Waals surface area contributed by atoms with E-state index in [2.05, 4.69) is 20.3 Å². The summed E-state index contributed by atoms with van der Waals surface area (Å²) in [4.78, 5) is 9.00. The van der Waals surface area contributed by atoms with Crippen LogP contribution < -0.4 is 0 Å². The molecule has 122 valence electrons. The molecule has 2 aromatic heterocycles. The first-order valence-corrected chi connectivity index (χ1v) is 8.22. The summed E-state index contributed by atoms with van der Waals surface area (Å²) >= 11 is 0. The maximum atomic E-state index is 5.43. The molecule has 1 saturated heterocycles. The van der Waals surface area contributed by atoms with Crippen LogP contribution in [0.1, 0.15) is 42.8 Å². The summed E-state index contributed by atoms with van der Waals surface area (Å²) in [5.74, 6) is 3.22. The van der Waals surface area contributed by atoms with Gasteiger partial charge in [-0.15, -0.1) is 0 Å². The molecular weight excluding hydrogens is 308 g/mol. The molecule has 7 nitrogen and oxygen atoms in total. The van der Waals surface area contributed by atoms with E-state index in [1.54, 1.807) is 0 Å². The lowest BCUT2D eigenvalue weighted by atomic mass is 10.1. The Balaban J connectivity index is 1.43. The second-order valence-corrected chi connectivity index (χ2v) is 6.33. The van der Waals surface area contributed by atoms with E-state index in [-0.39, 0.29) is 5.92 Å². The van der Waals surface area contributed by atoms with Crippen molar-refractivity contribution in [2.75, 3.05) is 13.2 Å². The Labute approximate surface area is 138 Å². The number of hydrogen-bond acceptors (Lipinski definition) is 7. The predicted octanol–water partition coefficient (Wildman–Crippen LogP) is 3.17. The van der Waals surface area contributed by atoms with E-state index in [0.717, 1.165) is 42.9 Å². The molecule has 3 heterocycles. The van der Waals surface area contributed by atoms with Crippen molar-refractivity contribution in [3.63, 3.8) is 0 Å². The molecule has 24 heavy (non-hydrogen) atoms. The normalized spacial score (nSPS) is 20.6. The molecule has 1 aromatic carbocycles. The highest BCUT2D eigenvalue weighted by Crippen LogP contribution is 2.39. The predicted molar refractivity (Wildman–Crippen MR) is 83.2 cm³/mol. The van der Waals surface area contributed by atoms with Crippen molar-refractivity contribution in [1.29, 1.82) is 0 Å². The van der Waals surface area contributed by atoms with Crippen LogP contribution in [0.3, 0.4) is 0 Å². The number of benzene rings is 1. The zero-order valence-electron chi connectivity index (χ0n) is 13.0. The Bertz CT molecular complexity index is 862. The Morgan fingerprint density at radius 1 is 0.917 bits per heavy atom. The quantitative estimate of drug-likeness (QED) is 0.728. The minimum atomic E-state index is 0.226. The van der Waals surface area contributed by atoms with Crippen molar-refractivity contribution in [3.05, 3.63) is 36.0 Å². The van der Waals surface area contributed by atoms with Gasteiger partial charge in [-0.2, -0.15) is 9.97 Å². The number of rotatable bonds is 4. The van der Waals surface area contributed by atoms with Crippen LogP contribution in [-0.2, 0) is 4.74 Å². The van der Waals surface area contributed by atoms with Crippen molar-refractivity contribution >= 4 is 0 Å². The van der Waals surface area contributed by atoms with Gasteiger partial charge in [0, 0.05) is 29.6 Å². The van der Waals surface area contributed by atoms with Crippen LogP contribution in [0.15, 0.2) is 33.3 Å². The van der Waals surface area contributed by atoms with Gasteiger partial charge in [0.1, 0.15) is 0 Å². The summed E-state index contributed by atoms with van der Waals surface area (Å²) in [7, 11) is 0. The molecule has 0 amide bonds. The lowest BCUT2D eigenvalue weighted by molar-refractivity contribution is 0.192. The van der Waals surface area contributed by atoms with Crippen LogP contribution in [-0.4, -0.2) is 33.5 Å². The lowest BCUT2D eigenvalue weighted by Crippen LogP contribution is -1.99. The summed E-state index contributed by atoms with van der Waals surface area (Å²) < 4.78 is 16.1. The van der Waals surface area contributed by atoms with Crippen LogP contribution in [0.4, 0.5) is 0 Å². The van der Waals surface area contributed by atoms with Gasteiger partial charge >= 0.3 is 0 Å². The van der Waals surface area contributed by atoms with E-state index in [0.29, 0.717) is 30.1 Å². The molecule has 7 heteroatoms. The molecule has 0 spiro atoms. The van der Waals surface area contributed by atoms with Crippen molar-refractivity contribution in [2.24, 2.45) is 0 Å². The maximum absolute atomic E-state index is 5.43. The smallest absolute Gasteiger partial charge is 0.257 e. The molecule has 1 atom stereocenters. The van der Waals surface area contributed by atoms with Gasteiger partial charge in [-0.3, -0.25) is 0 Å². The van der Waals surface area contributed by atoms with Crippen LogP contribution >= 0.6 is 0 Å². The minimum Gasteiger partial charge on any atom is -0.381 e. The SMILES string of the molecule is c1cc(-c2noc(C3CC3)n2)cc(-c2nc([C@H]3CCOC3)no2)c1. The molecular formula is C17H16N4O3. The zero-order chi connectivity index (χ0) is 15.9. The van der Waals surface area contributed by atoms with Crippen LogP contribution in [0.25, 0.3) is 22.8 Å². The Hall–Kier alpha value is -2.54. The molecule has 0 N–H and O–H groups in total. The average Bonchev–Trinajstić information content (AvgIpc) is 3.07. The molecule has 0 radical (unpaired) electrons. The highest BCUT2D eigenvalue weighted by atomic mass is 16.5. The summed E-state index contributed by atoms with van der Waals surface area (Å²) in [6, 6.07) is 7.77. The molecule has 3 aromatic rings. The van der Waals surface area contributed by atoms with Crippen molar-refractivity contribution in [2.45, 2.75) is 31.1 Å². The Morgan fingerprint density at radius 3 is 2.67 bits per heavy atom. The number of nitrogens with zero attached hydrogens (tertiary/aromatic N) is 4. The number of aromatic nitrogens is 4. The standard InChI is InChI=1S/C17H16N4O3/c1-2-11(14-18-16(23-20-14)10-4-5-10)8-12(3-1)17-19-15(21-24-17)13-6-7-22-9-13/h1-3,8,10,13H,4-7,9H2/t13-/m0/s1. The molecule has 0 bridgehead atoms. The number of hydrogen-bond donors (Lipinski definition) is 0. The van der Waals surface area contributed by atoms with Crippen molar-refractivity contribution < 1.29 is 13.8 Å². The van der Waals surface area contributed by atoms with Gasteiger partial charge in [0.25, 0.3) is 5.89 Å². The zero-order valence-corrected chi connectivity index (χ0v) is 13.0. The molecule has 1 saturated carbocycles. The average molecular weight is 324 g/mol. The Morgan fingerprint density at radius 2 is 1.83 bits per heavy atom. The van der Waals surface area contributed by atoms with Crippen LogP contribution in [0.2, 0.25) is 0 Å². The largest absolute Gasteiger partial charge is 0.381 e.